The molecule has 0 bridgehead atoms. The van der Waals surface area contributed by atoms with Gasteiger partial charge in [-0.1, -0.05) is 30.7 Å². The van der Waals surface area contributed by atoms with Crippen LogP contribution >= 0.6 is 0 Å². The van der Waals surface area contributed by atoms with Crippen molar-refractivity contribution >= 4 is 6.08 Å². The smallest absolute Gasteiger partial charge is 0.392 e. The second kappa shape index (κ2) is 6.62. The zero-order chi connectivity index (χ0) is 15.5. The summed E-state index contributed by atoms with van der Waals surface area (Å²) in [6.07, 6.45) is -1.11. The van der Waals surface area contributed by atoms with E-state index in [2.05, 4.69) is 11.8 Å². The predicted octanol–water partition coefficient (Wildman–Crippen LogP) is 3.70. The Kier molecular flexibility index (Phi) is 5.06. The molecule has 0 atom stereocenters. The van der Waals surface area contributed by atoms with Gasteiger partial charge < -0.3 is 10.0 Å². The number of halogens is 3. The summed E-state index contributed by atoms with van der Waals surface area (Å²) in [4.78, 5) is 2.29. The van der Waals surface area contributed by atoms with Crippen LogP contribution in [0.3, 0.4) is 0 Å². The van der Waals surface area contributed by atoms with Gasteiger partial charge in [0.2, 0.25) is 0 Å². The minimum atomic E-state index is -4.40. The van der Waals surface area contributed by atoms with Crippen molar-refractivity contribution in [1.82, 2.24) is 4.90 Å². The van der Waals surface area contributed by atoms with Crippen LogP contribution < -0.4 is 0 Å². The molecule has 1 heterocycles. The molecular weight excluding hydrogens is 279 g/mol. The fourth-order valence-corrected chi connectivity index (χ4v) is 2.59. The average molecular weight is 299 g/mol. The van der Waals surface area contributed by atoms with Gasteiger partial charge in [0, 0.05) is 13.1 Å². The third-order valence-electron chi connectivity index (χ3n) is 3.91. The van der Waals surface area contributed by atoms with Gasteiger partial charge in [0.15, 0.2) is 0 Å². The Morgan fingerprint density at radius 1 is 1.24 bits per heavy atom. The molecule has 1 aromatic carbocycles. The van der Waals surface area contributed by atoms with Crippen molar-refractivity contribution in [2.75, 3.05) is 19.6 Å². The predicted molar refractivity (Wildman–Crippen MR) is 76.7 cm³/mol. The maximum Gasteiger partial charge on any atom is 0.416 e. The van der Waals surface area contributed by atoms with Crippen LogP contribution in [0.1, 0.15) is 36.5 Å². The van der Waals surface area contributed by atoms with Gasteiger partial charge in [-0.2, -0.15) is 13.2 Å². The molecular formula is C16H20F3NO. The molecule has 1 aliphatic rings. The van der Waals surface area contributed by atoms with E-state index in [1.165, 1.54) is 6.07 Å². The van der Waals surface area contributed by atoms with Crippen molar-refractivity contribution in [3.63, 3.8) is 0 Å². The Labute approximate surface area is 122 Å². The Balaban J connectivity index is 2.27. The van der Waals surface area contributed by atoms with E-state index in [0.717, 1.165) is 44.1 Å². The van der Waals surface area contributed by atoms with Gasteiger partial charge in [0.1, 0.15) is 0 Å². The first-order chi connectivity index (χ1) is 9.94. The van der Waals surface area contributed by atoms with E-state index >= 15 is 0 Å². The van der Waals surface area contributed by atoms with Crippen molar-refractivity contribution in [3.05, 3.63) is 40.5 Å². The highest BCUT2D eigenvalue weighted by Crippen LogP contribution is 2.34. The summed E-state index contributed by atoms with van der Waals surface area (Å²) in [6.45, 7) is 4.48. The normalized spacial score (nSPS) is 17.1. The van der Waals surface area contributed by atoms with Gasteiger partial charge in [-0.15, -0.1) is 0 Å². The minimum Gasteiger partial charge on any atom is -0.392 e. The molecule has 0 unspecified atom stereocenters. The highest BCUT2D eigenvalue weighted by Gasteiger charge is 2.33. The Bertz CT molecular complexity index is 513. The lowest BCUT2D eigenvalue weighted by molar-refractivity contribution is -0.137. The van der Waals surface area contributed by atoms with Crippen molar-refractivity contribution in [1.29, 1.82) is 0 Å². The number of benzene rings is 1. The van der Waals surface area contributed by atoms with Crippen LogP contribution in [0.25, 0.3) is 6.08 Å². The van der Waals surface area contributed by atoms with E-state index < -0.39 is 11.7 Å². The Morgan fingerprint density at radius 3 is 2.43 bits per heavy atom. The second-order valence-electron chi connectivity index (χ2n) is 5.31. The molecule has 0 spiro atoms. The van der Waals surface area contributed by atoms with Crippen LogP contribution in [-0.2, 0) is 12.8 Å². The average Bonchev–Trinajstić information content (AvgIpc) is 2.47. The largest absolute Gasteiger partial charge is 0.416 e. The summed E-state index contributed by atoms with van der Waals surface area (Å²) in [5.41, 5.74) is 0.867. The monoisotopic (exact) mass is 299 g/mol. The molecule has 1 fully saturated rings. The number of rotatable bonds is 3. The van der Waals surface area contributed by atoms with Crippen molar-refractivity contribution in [3.8, 4) is 0 Å². The second-order valence-corrected chi connectivity index (χ2v) is 5.31. The summed E-state index contributed by atoms with van der Waals surface area (Å²) in [5, 5.41) is 9.01. The Morgan fingerprint density at radius 2 is 1.90 bits per heavy atom. The summed E-state index contributed by atoms with van der Waals surface area (Å²) >= 11 is 0. The molecule has 1 saturated heterocycles. The van der Waals surface area contributed by atoms with Crippen molar-refractivity contribution in [2.24, 2.45) is 0 Å². The number of piperidine rings is 1. The fraction of sp³-hybridized carbons (Fsp3) is 0.500. The van der Waals surface area contributed by atoms with E-state index in [-0.39, 0.29) is 17.7 Å². The van der Waals surface area contributed by atoms with E-state index in [9.17, 15) is 13.2 Å². The number of hydrogen-bond donors (Lipinski definition) is 1. The first-order valence-corrected chi connectivity index (χ1v) is 7.17. The van der Waals surface area contributed by atoms with Crippen LogP contribution in [0.15, 0.2) is 23.8 Å². The third-order valence-corrected chi connectivity index (χ3v) is 3.91. The van der Waals surface area contributed by atoms with Crippen LogP contribution in [-0.4, -0.2) is 29.6 Å². The molecule has 116 valence electrons. The van der Waals surface area contributed by atoms with Gasteiger partial charge in [-0.05, 0) is 36.6 Å². The first-order valence-electron chi connectivity index (χ1n) is 7.17. The van der Waals surface area contributed by atoms with Gasteiger partial charge in [-0.25, -0.2) is 0 Å². The molecule has 0 aliphatic carbocycles. The quantitative estimate of drug-likeness (QED) is 0.920. The fourth-order valence-electron chi connectivity index (χ4n) is 2.59. The van der Waals surface area contributed by atoms with Crippen LogP contribution in [0.5, 0.6) is 0 Å². The third kappa shape index (κ3) is 4.08. The lowest BCUT2D eigenvalue weighted by Gasteiger charge is -2.27. The topological polar surface area (TPSA) is 23.5 Å². The van der Waals surface area contributed by atoms with Gasteiger partial charge in [0.05, 0.1) is 12.2 Å². The highest BCUT2D eigenvalue weighted by molar-refractivity contribution is 5.58. The molecule has 21 heavy (non-hydrogen) atoms. The molecule has 1 aromatic rings. The summed E-state index contributed by atoms with van der Waals surface area (Å²) in [7, 11) is 0. The Hall–Kier alpha value is -1.33. The highest BCUT2D eigenvalue weighted by atomic mass is 19.4. The van der Waals surface area contributed by atoms with E-state index in [4.69, 9.17) is 5.11 Å². The number of nitrogens with zero attached hydrogens (tertiary/aromatic N) is 1. The molecule has 2 nitrogen and oxygen atoms in total. The maximum absolute atomic E-state index is 13.1. The molecule has 0 amide bonds. The summed E-state index contributed by atoms with van der Waals surface area (Å²) in [5.74, 6) is 0. The minimum absolute atomic E-state index is 0.194. The first kappa shape index (κ1) is 16.0. The maximum atomic E-state index is 13.1. The SMILES string of the molecule is CCN1CCC(=Cc2ccc(CO)cc2C(F)(F)F)CC1. The van der Waals surface area contributed by atoms with Crippen LogP contribution in [0.4, 0.5) is 13.2 Å². The number of hydrogen-bond acceptors (Lipinski definition) is 2. The molecule has 1 N–H and O–H groups in total. The van der Waals surface area contributed by atoms with E-state index in [0.29, 0.717) is 0 Å². The number of likely N-dealkylation sites (tertiary alicyclic amines) is 1. The van der Waals surface area contributed by atoms with Crippen molar-refractivity contribution in [2.45, 2.75) is 32.5 Å². The van der Waals surface area contributed by atoms with E-state index in [1.807, 2.05) is 0 Å². The molecule has 0 radical (unpaired) electrons. The van der Waals surface area contributed by atoms with Crippen LogP contribution in [0, 0.1) is 0 Å². The lowest BCUT2D eigenvalue weighted by atomic mass is 9.97. The molecule has 5 heteroatoms. The van der Waals surface area contributed by atoms with Crippen molar-refractivity contribution < 1.29 is 18.3 Å². The summed E-state index contributed by atoms with van der Waals surface area (Å²) in [6, 6.07) is 4.03. The van der Waals surface area contributed by atoms with Gasteiger partial charge in [-0.3, -0.25) is 0 Å². The van der Waals surface area contributed by atoms with E-state index in [1.54, 1.807) is 12.1 Å². The molecule has 1 aliphatic heterocycles. The van der Waals surface area contributed by atoms with Gasteiger partial charge in [0.25, 0.3) is 0 Å². The zero-order valence-corrected chi connectivity index (χ0v) is 12.1. The number of aliphatic hydroxyl groups is 1. The standard InChI is InChI=1S/C16H20F3NO/c1-2-20-7-5-12(6-8-20)9-14-4-3-13(11-21)10-15(14)16(17,18)19/h3-4,9-10,21H,2,5-8,11H2,1H3. The summed E-state index contributed by atoms with van der Waals surface area (Å²) < 4.78 is 39.3. The molecule has 2 rings (SSSR count). The number of alkyl halides is 3. The lowest BCUT2D eigenvalue weighted by Crippen LogP contribution is -2.30. The molecule has 0 aromatic heterocycles. The van der Waals surface area contributed by atoms with Crippen LogP contribution in [0.2, 0.25) is 0 Å². The molecule has 0 saturated carbocycles. The van der Waals surface area contributed by atoms with Gasteiger partial charge >= 0.3 is 6.18 Å². The number of aliphatic hydroxyl groups excluding tert-OH is 1. The zero-order valence-electron chi connectivity index (χ0n) is 12.1.